The van der Waals surface area contributed by atoms with Gasteiger partial charge in [-0.25, -0.2) is 0 Å². The van der Waals surface area contributed by atoms with Gasteiger partial charge >= 0.3 is 11.9 Å². The molecule has 0 spiro atoms. The standard InChI is InChI=1S/C14H22O6/c1-4-5-10(15)18-7-8-6-9(13(16)17)12-11(8)19-14(2,3)20-12/h8-9,11-12H,4-7H2,1-3H3,(H,16,17)/t8-,9-,11-,12+/m0/s1. The zero-order valence-electron chi connectivity index (χ0n) is 12.1. The van der Waals surface area contributed by atoms with E-state index in [1.807, 2.05) is 6.92 Å². The van der Waals surface area contributed by atoms with Crippen LogP contribution in [0.25, 0.3) is 0 Å². The van der Waals surface area contributed by atoms with Crippen LogP contribution in [0, 0.1) is 11.8 Å². The van der Waals surface area contributed by atoms with E-state index in [2.05, 4.69) is 0 Å². The number of carbonyl (C=O) groups is 2. The summed E-state index contributed by atoms with van der Waals surface area (Å²) >= 11 is 0. The van der Waals surface area contributed by atoms with Crippen LogP contribution in [0.1, 0.15) is 40.0 Å². The van der Waals surface area contributed by atoms with Crippen LogP contribution in [-0.4, -0.2) is 41.6 Å². The lowest BCUT2D eigenvalue weighted by Crippen LogP contribution is -2.30. The number of carbonyl (C=O) groups excluding carboxylic acids is 1. The minimum atomic E-state index is -0.885. The fourth-order valence-electron chi connectivity index (χ4n) is 2.97. The molecule has 1 N–H and O–H groups in total. The summed E-state index contributed by atoms with van der Waals surface area (Å²) in [5.41, 5.74) is 0. The van der Waals surface area contributed by atoms with Crippen molar-refractivity contribution in [2.75, 3.05) is 6.61 Å². The Morgan fingerprint density at radius 1 is 1.30 bits per heavy atom. The van der Waals surface area contributed by atoms with Crippen molar-refractivity contribution in [1.82, 2.24) is 0 Å². The lowest BCUT2D eigenvalue weighted by molar-refractivity contribution is -0.171. The van der Waals surface area contributed by atoms with Crippen LogP contribution in [0.5, 0.6) is 0 Å². The quantitative estimate of drug-likeness (QED) is 0.772. The average molecular weight is 286 g/mol. The van der Waals surface area contributed by atoms with E-state index in [4.69, 9.17) is 14.2 Å². The predicted molar refractivity (Wildman–Crippen MR) is 68.9 cm³/mol. The van der Waals surface area contributed by atoms with Gasteiger partial charge in [-0.1, -0.05) is 6.92 Å². The second kappa shape index (κ2) is 5.69. The molecule has 114 valence electrons. The van der Waals surface area contributed by atoms with Gasteiger partial charge in [-0.05, 0) is 26.7 Å². The normalized spacial score (nSPS) is 34.8. The molecule has 2 rings (SSSR count). The summed E-state index contributed by atoms with van der Waals surface area (Å²) in [5.74, 6) is -2.64. The third-order valence-corrected chi connectivity index (χ3v) is 3.81. The number of rotatable bonds is 5. The summed E-state index contributed by atoms with van der Waals surface area (Å²) in [7, 11) is 0. The van der Waals surface area contributed by atoms with E-state index < -0.39 is 23.8 Å². The molecule has 1 aliphatic heterocycles. The monoisotopic (exact) mass is 286 g/mol. The molecule has 0 radical (unpaired) electrons. The van der Waals surface area contributed by atoms with Gasteiger partial charge in [0, 0.05) is 12.3 Å². The number of ether oxygens (including phenoxy) is 3. The molecule has 2 aliphatic rings. The number of aliphatic carboxylic acids is 1. The van der Waals surface area contributed by atoms with E-state index >= 15 is 0 Å². The molecule has 20 heavy (non-hydrogen) atoms. The number of esters is 1. The molecule has 4 atom stereocenters. The van der Waals surface area contributed by atoms with Crippen LogP contribution in [0.2, 0.25) is 0 Å². The van der Waals surface area contributed by atoms with E-state index in [0.29, 0.717) is 12.8 Å². The van der Waals surface area contributed by atoms with E-state index in [1.54, 1.807) is 13.8 Å². The van der Waals surface area contributed by atoms with Gasteiger partial charge in [-0.3, -0.25) is 9.59 Å². The first-order chi connectivity index (χ1) is 9.34. The van der Waals surface area contributed by atoms with E-state index in [0.717, 1.165) is 6.42 Å². The highest BCUT2D eigenvalue weighted by molar-refractivity contribution is 5.71. The SMILES string of the molecule is CCCC(=O)OC[C@@H]1C[C@H](C(=O)O)[C@H]2OC(C)(C)O[C@@H]12. The van der Waals surface area contributed by atoms with Crippen molar-refractivity contribution >= 4 is 11.9 Å². The third-order valence-electron chi connectivity index (χ3n) is 3.81. The Kier molecular flexibility index (Phi) is 4.34. The van der Waals surface area contributed by atoms with Crippen molar-refractivity contribution in [1.29, 1.82) is 0 Å². The molecule has 0 unspecified atom stereocenters. The largest absolute Gasteiger partial charge is 0.481 e. The Bertz CT molecular complexity index is 391. The summed E-state index contributed by atoms with van der Waals surface area (Å²) in [6, 6.07) is 0. The van der Waals surface area contributed by atoms with Gasteiger partial charge in [0.25, 0.3) is 0 Å². The molecule has 0 aromatic carbocycles. The van der Waals surface area contributed by atoms with Crippen LogP contribution < -0.4 is 0 Å². The Morgan fingerprint density at radius 3 is 2.55 bits per heavy atom. The molecular weight excluding hydrogens is 264 g/mol. The Morgan fingerprint density at radius 2 is 1.95 bits per heavy atom. The van der Waals surface area contributed by atoms with Gasteiger partial charge in [-0.2, -0.15) is 0 Å². The third kappa shape index (κ3) is 3.12. The van der Waals surface area contributed by atoms with Crippen LogP contribution >= 0.6 is 0 Å². The summed E-state index contributed by atoms with van der Waals surface area (Å²) in [5, 5.41) is 9.27. The molecule has 0 aromatic rings. The van der Waals surface area contributed by atoms with Crippen molar-refractivity contribution in [3.8, 4) is 0 Å². The number of carboxylic acid groups (broad SMARTS) is 1. The minimum absolute atomic E-state index is 0.122. The van der Waals surface area contributed by atoms with E-state index in [-0.39, 0.29) is 24.6 Å². The molecule has 1 saturated carbocycles. The lowest BCUT2D eigenvalue weighted by atomic mass is 10.0. The first-order valence-electron chi connectivity index (χ1n) is 7.08. The van der Waals surface area contributed by atoms with E-state index in [1.165, 1.54) is 0 Å². The van der Waals surface area contributed by atoms with Gasteiger partial charge in [-0.15, -0.1) is 0 Å². The minimum Gasteiger partial charge on any atom is -0.481 e. The van der Waals surface area contributed by atoms with E-state index in [9.17, 15) is 14.7 Å². The van der Waals surface area contributed by atoms with Crippen LogP contribution in [0.4, 0.5) is 0 Å². The molecule has 6 heteroatoms. The van der Waals surface area contributed by atoms with Gasteiger partial charge in [0.2, 0.25) is 0 Å². The van der Waals surface area contributed by atoms with Crippen molar-refractivity contribution < 1.29 is 28.9 Å². The second-order valence-electron chi connectivity index (χ2n) is 5.94. The summed E-state index contributed by atoms with van der Waals surface area (Å²) < 4.78 is 16.7. The van der Waals surface area contributed by atoms with Gasteiger partial charge in [0.15, 0.2) is 5.79 Å². The molecule has 1 aliphatic carbocycles. The molecule has 1 saturated heterocycles. The molecule has 0 bridgehead atoms. The van der Waals surface area contributed by atoms with Crippen molar-refractivity contribution in [3.05, 3.63) is 0 Å². The summed E-state index contributed by atoms with van der Waals surface area (Å²) in [4.78, 5) is 22.7. The fraction of sp³-hybridized carbons (Fsp3) is 0.857. The number of carboxylic acids is 1. The Labute approximate surface area is 118 Å². The maximum atomic E-state index is 11.4. The topological polar surface area (TPSA) is 82.1 Å². The smallest absolute Gasteiger partial charge is 0.309 e. The first kappa shape index (κ1) is 15.3. The summed E-state index contributed by atoms with van der Waals surface area (Å²) in [6.45, 7) is 5.64. The lowest BCUT2D eigenvalue weighted by Gasteiger charge is -2.22. The number of hydrogen-bond donors (Lipinski definition) is 1. The zero-order valence-corrected chi connectivity index (χ0v) is 12.1. The highest BCUT2D eigenvalue weighted by Crippen LogP contribution is 2.44. The van der Waals surface area contributed by atoms with Gasteiger partial charge < -0.3 is 19.3 Å². The molecule has 0 amide bonds. The average Bonchev–Trinajstić information content (AvgIpc) is 2.80. The van der Waals surface area contributed by atoms with Crippen molar-refractivity contribution in [2.24, 2.45) is 11.8 Å². The Hall–Kier alpha value is -1.14. The summed E-state index contributed by atoms with van der Waals surface area (Å²) in [6.07, 6.45) is 0.754. The number of fused-ring (bicyclic) bond motifs is 1. The van der Waals surface area contributed by atoms with Crippen LogP contribution in [0.15, 0.2) is 0 Å². The highest BCUT2D eigenvalue weighted by Gasteiger charge is 2.56. The molecule has 2 fully saturated rings. The molecule has 0 aromatic heterocycles. The molecular formula is C14H22O6. The molecule has 6 nitrogen and oxygen atoms in total. The maximum Gasteiger partial charge on any atom is 0.309 e. The van der Waals surface area contributed by atoms with Crippen molar-refractivity contribution in [3.63, 3.8) is 0 Å². The van der Waals surface area contributed by atoms with Crippen LogP contribution in [-0.2, 0) is 23.8 Å². The molecule has 1 heterocycles. The maximum absolute atomic E-state index is 11.4. The highest BCUT2D eigenvalue weighted by atomic mass is 16.8. The van der Waals surface area contributed by atoms with Gasteiger partial charge in [0.1, 0.15) is 6.10 Å². The first-order valence-corrected chi connectivity index (χ1v) is 7.08. The Balaban J connectivity index is 1.99. The zero-order chi connectivity index (χ0) is 14.9. The predicted octanol–water partition coefficient (Wildman–Crippen LogP) is 1.57. The fourth-order valence-corrected chi connectivity index (χ4v) is 2.97. The number of hydrogen-bond acceptors (Lipinski definition) is 5. The van der Waals surface area contributed by atoms with Gasteiger partial charge in [0.05, 0.1) is 18.6 Å². The van der Waals surface area contributed by atoms with Crippen molar-refractivity contribution in [2.45, 2.75) is 58.0 Å². The second-order valence-corrected chi connectivity index (χ2v) is 5.94. The van der Waals surface area contributed by atoms with Crippen LogP contribution in [0.3, 0.4) is 0 Å².